The van der Waals surface area contributed by atoms with E-state index in [2.05, 4.69) is 45.0 Å². The van der Waals surface area contributed by atoms with Crippen LogP contribution in [0.15, 0.2) is 24.3 Å². The lowest BCUT2D eigenvalue weighted by molar-refractivity contribution is 0.180. The third kappa shape index (κ3) is 4.07. The van der Waals surface area contributed by atoms with Crippen LogP contribution in [0.25, 0.3) is 0 Å². The van der Waals surface area contributed by atoms with Crippen LogP contribution in [0.5, 0.6) is 0 Å². The van der Waals surface area contributed by atoms with Crippen LogP contribution in [0, 0.1) is 53.3 Å². The quantitative estimate of drug-likeness (QED) is 0.488. The van der Waals surface area contributed by atoms with Gasteiger partial charge in [-0.1, -0.05) is 70.7 Å². The summed E-state index contributed by atoms with van der Waals surface area (Å²) in [6.07, 6.45) is 16.2. The second kappa shape index (κ2) is 8.39. The summed E-state index contributed by atoms with van der Waals surface area (Å²) >= 11 is 0. The van der Waals surface area contributed by atoms with E-state index >= 15 is 0 Å². The molecule has 29 heavy (non-hydrogen) atoms. The van der Waals surface area contributed by atoms with Crippen LogP contribution in [0.3, 0.4) is 0 Å². The lowest BCUT2D eigenvalue weighted by atomic mass is 9.72. The third-order valence-corrected chi connectivity index (χ3v) is 10.1. The molecule has 4 aliphatic rings. The van der Waals surface area contributed by atoms with E-state index in [1.807, 2.05) is 0 Å². The minimum absolute atomic E-state index is 0.928. The van der Waals surface area contributed by atoms with E-state index in [0.29, 0.717) is 0 Å². The van der Waals surface area contributed by atoms with Gasteiger partial charge in [-0.25, -0.2) is 0 Å². The van der Waals surface area contributed by atoms with Gasteiger partial charge in [0.1, 0.15) is 0 Å². The average Bonchev–Trinajstić information content (AvgIpc) is 3.18. The van der Waals surface area contributed by atoms with E-state index in [-0.39, 0.29) is 0 Å². The van der Waals surface area contributed by atoms with Crippen molar-refractivity contribution in [3.05, 3.63) is 35.4 Å². The smallest absolute Gasteiger partial charge is 0.0245 e. The van der Waals surface area contributed by atoms with Gasteiger partial charge in [-0.05, 0) is 109 Å². The van der Waals surface area contributed by atoms with Crippen LogP contribution in [0.2, 0.25) is 0 Å². The van der Waals surface area contributed by atoms with Gasteiger partial charge in [0.15, 0.2) is 0 Å². The highest BCUT2D eigenvalue weighted by atomic mass is 14.5. The van der Waals surface area contributed by atoms with Crippen molar-refractivity contribution in [3.63, 3.8) is 0 Å². The van der Waals surface area contributed by atoms with Gasteiger partial charge < -0.3 is 0 Å². The minimum Gasteiger partial charge on any atom is -0.0625 e. The summed E-state index contributed by atoms with van der Waals surface area (Å²) in [7, 11) is 0. The fraction of sp³-hybridized carbons (Fsp3) is 0.793. The van der Waals surface area contributed by atoms with Crippen molar-refractivity contribution in [2.24, 2.45) is 53.3 Å². The Morgan fingerprint density at radius 3 is 2.03 bits per heavy atom. The number of benzene rings is 1. The van der Waals surface area contributed by atoms with Crippen molar-refractivity contribution < 1.29 is 0 Å². The molecule has 4 fully saturated rings. The van der Waals surface area contributed by atoms with E-state index in [4.69, 9.17) is 0 Å². The van der Waals surface area contributed by atoms with E-state index in [1.165, 1.54) is 70.6 Å². The Morgan fingerprint density at radius 1 is 0.690 bits per heavy atom. The van der Waals surface area contributed by atoms with E-state index in [1.54, 1.807) is 11.1 Å². The van der Waals surface area contributed by atoms with Gasteiger partial charge in [0, 0.05) is 0 Å². The maximum absolute atomic E-state index is 2.62. The highest BCUT2D eigenvalue weighted by molar-refractivity contribution is 5.25. The minimum atomic E-state index is 0.928. The largest absolute Gasteiger partial charge is 0.0625 e. The molecule has 9 atom stereocenters. The molecule has 0 radical (unpaired) electrons. The molecule has 1 aromatic rings. The zero-order chi connectivity index (χ0) is 20.0. The summed E-state index contributed by atoms with van der Waals surface area (Å²) in [5, 5.41) is 0. The summed E-state index contributed by atoms with van der Waals surface area (Å²) in [5.74, 6) is 8.86. The molecule has 0 N–H and O–H groups in total. The van der Waals surface area contributed by atoms with Crippen LogP contribution in [0.4, 0.5) is 0 Å². The summed E-state index contributed by atoms with van der Waals surface area (Å²) in [5.41, 5.74) is 3.29. The summed E-state index contributed by atoms with van der Waals surface area (Å²) in [4.78, 5) is 0. The molecule has 0 aromatic heterocycles. The monoisotopic (exact) mass is 392 g/mol. The van der Waals surface area contributed by atoms with Crippen molar-refractivity contribution in [1.29, 1.82) is 0 Å². The molecule has 1 aromatic carbocycles. The number of rotatable bonds is 4. The van der Waals surface area contributed by atoms with E-state index in [0.717, 1.165) is 53.3 Å². The first-order valence-electron chi connectivity index (χ1n) is 13.2. The summed E-state index contributed by atoms with van der Waals surface area (Å²) in [6, 6.07) is 9.88. The lowest BCUT2D eigenvalue weighted by Gasteiger charge is -2.33. The van der Waals surface area contributed by atoms with Crippen LogP contribution < -0.4 is 0 Å². The average molecular weight is 393 g/mol. The molecule has 160 valence electrons. The Balaban J connectivity index is 1.27. The van der Waals surface area contributed by atoms with Gasteiger partial charge in [-0.2, -0.15) is 0 Å². The van der Waals surface area contributed by atoms with Gasteiger partial charge >= 0.3 is 0 Å². The molecule has 4 aliphatic carbocycles. The molecule has 0 heteroatoms. The van der Waals surface area contributed by atoms with Gasteiger partial charge in [0.05, 0.1) is 0 Å². The zero-order valence-corrected chi connectivity index (χ0v) is 19.3. The van der Waals surface area contributed by atoms with E-state index in [9.17, 15) is 0 Å². The maximum atomic E-state index is 2.62. The van der Waals surface area contributed by atoms with Crippen molar-refractivity contribution in [1.82, 2.24) is 0 Å². The molecule has 0 heterocycles. The standard InChI is InChI=1S/C29H44/c1-19-11-12-27-25(13-19)15-21(3)29(27)18-23-8-6-7-22(16-23)17-28-20(2)14-24-9-4-5-10-26(24)28/h6-8,16,19-21,24-29H,4-5,9-15,17-18H2,1-3H3. The lowest BCUT2D eigenvalue weighted by Crippen LogP contribution is -2.25. The van der Waals surface area contributed by atoms with Crippen molar-refractivity contribution in [2.75, 3.05) is 0 Å². The molecular formula is C29H44. The Kier molecular flexibility index (Phi) is 5.83. The van der Waals surface area contributed by atoms with Crippen molar-refractivity contribution >= 4 is 0 Å². The Bertz CT molecular complexity index is 689. The highest BCUT2D eigenvalue weighted by Crippen LogP contribution is 2.52. The van der Waals surface area contributed by atoms with E-state index < -0.39 is 0 Å². The first-order valence-corrected chi connectivity index (χ1v) is 13.2. The number of hydrogen-bond donors (Lipinski definition) is 0. The fourth-order valence-electron chi connectivity index (χ4n) is 8.73. The van der Waals surface area contributed by atoms with Crippen LogP contribution >= 0.6 is 0 Å². The van der Waals surface area contributed by atoms with Gasteiger partial charge in [-0.15, -0.1) is 0 Å². The zero-order valence-electron chi connectivity index (χ0n) is 19.3. The number of hydrogen-bond acceptors (Lipinski definition) is 0. The van der Waals surface area contributed by atoms with Crippen molar-refractivity contribution in [2.45, 2.75) is 91.4 Å². The molecule has 5 rings (SSSR count). The van der Waals surface area contributed by atoms with Crippen molar-refractivity contribution in [3.8, 4) is 0 Å². The summed E-state index contributed by atoms with van der Waals surface area (Å²) < 4.78 is 0. The molecule has 9 unspecified atom stereocenters. The Morgan fingerprint density at radius 2 is 1.31 bits per heavy atom. The molecular weight excluding hydrogens is 348 g/mol. The molecule has 0 amide bonds. The number of fused-ring (bicyclic) bond motifs is 2. The first-order chi connectivity index (χ1) is 14.1. The highest BCUT2D eigenvalue weighted by Gasteiger charge is 2.43. The predicted octanol–water partition coefficient (Wildman–Crippen LogP) is 7.94. The Labute approximate surface area is 180 Å². The van der Waals surface area contributed by atoms with Gasteiger partial charge in [-0.3, -0.25) is 0 Å². The van der Waals surface area contributed by atoms with Crippen LogP contribution in [-0.4, -0.2) is 0 Å². The topological polar surface area (TPSA) is 0 Å². The summed E-state index contributed by atoms with van der Waals surface area (Å²) in [6.45, 7) is 7.59. The second-order valence-corrected chi connectivity index (χ2v) is 12.0. The predicted molar refractivity (Wildman–Crippen MR) is 124 cm³/mol. The van der Waals surface area contributed by atoms with Gasteiger partial charge in [0.2, 0.25) is 0 Å². The molecule has 4 saturated carbocycles. The molecule has 0 saturated heterocycles. The molecule has 0 nitrogen and oxygen atoms in total. The fourth-order valence-corrected chi connectivity index (χ4v) is 8.73. The second-order valence-electron chi connectivity index (χ2n) is 12.0. The maximum Gasteiger partial charge on any atom is -0.0245 e. The van der Waals surface area contributed by atoms with Gasteiger partial charge in [0.25, 0.3) is 0 Å². The van der Waals surface area contributed by atoms with Crippen LogP contribution in [-0.2, 0) is 12.8 Å². The third-order valence-electron chi connectivity index (χ3n) is 10.1. The normalized spacial score (nSPS) is 44.4. The molecule has 0 spiro atoms. The molecule has 0 bridgehead atoms. The molecule has 0 aliphatic heterocycles. The Hall–Kier alpha value is -0.780. The van der Waals surface area contributed by atoms with Crippen LogP contribution in [0.1, 0.15) is 89.7 Å². The SMILES string of the molecule is CC1CCC2C(C1)CC(C)C2Cc1cccc(CC2C(C)CC3CCCCC32)c1. The first kappa shape index (κ1) is 20.1.